The Kier molecular flexibility index (Phi) is 8.45. The number of benzene rings is 3. The second kappa shape index (κ2) is 12.3. The second-order valence-corrected chi connectivity index (χ2v) is 10.1. The lowest BCUT2D eigenvalue weighted by Gasteiger charge is -2.41. The van der Waals surface area contributed by atoms with Gasteiger partial charge in [0.15, 0.2) is 11.4 Å². The Hall–Kier alpha value is -3.56. The molecular formula is C30H29N3O4S. The molecule has 2 N–H and O–H groups in total. The summed E-state index contributed by atoms with van der Waals surface area (Å²) < 4.78 is 13.0. The normalized spacial score (nSPS) is 21.1. The lowest BCUT2D eigenvalue weighted by atomic mass is 9.91. The number of aliphatic hydroxyl groups excluding tert-OH is 1. The SMILES string of the molecule is C[C@H]1[C@@H](CSc2ncccn2)O[C@@H](c2ccc(NC(=O)c3ccccc3)cc2)O[C@H]1c1ccc(CO)cc1. The van der Waals surface area contributed by atoms with E-state index < -0.39 is 6.29 Å². The van der Waals surface area contributed by atoms with Crippen LogP contribution in [-0.4, -0.2) is 32.8 Å². The summed E-state index contributed by atoms with van der Waals surface area (Å²) in [7, 11) is 0. The van der Waals surface area contributed by atoms with Gasteiger partial charge in [0.2, 0.25) is 0 Å². The van der Waals surface area contributed by atoms with Crippen LogP contribution in [0.15, 0.2) is 102 Å². The Labute approximate surface area is 226 Å². The Bertz CT molecular complexity index is 1320. The molecule has 0 aliphatic carbocycles. The van der Waals surface area contributed by atoms with Crippen LogP contribution in [-0.2, 0) is 16.1 Å². The Balaban J connectivity index is 1.34. The number of hydrogen-bond donors (Lipinski definition) is 2. The van der Waals surface area contributed by atoms with Crippen LogP contribution in [0.1, 0.15) is 46.4 Å². The summed E-state index contributed by atoms with van der Waals surface area (Å²) in [4.78, 5) is 21.2. The van der Waals surface area contributed by atoms with Crippen LogP contribution < -0.4 is 5.32 Å². The van der Waals surface area contributed by atoms with E-state index in [-0.39, 0.29) is 30.6 Å². The van der Waals surface area contributed by atoms with Gasteiger partial charge in [-0.05, 0) is 41.5 Å². The number of rotatable bonds is 8. The molecule has 0 unspecified atom stereocenters. The number of amides is 1. The molecule has 0 spiro atoms. The lowest BCUT2D eigenvalue weighted by Crippen LogP contribution is -2.38. The largest absolute Gasteiger partial charge is 0.392 e. The summed E-state index contributed by atoms with van der Waals surface area (Å²) in [5.41, 5.74) is 4.03. The van der Waals surface area contributed by atoms with Gasteiger partial charge in [0.25, 0.3) is 5.91 Å². The van der Waals surface area contributed by atoms with E-state index in [1.165, 1.54) is 0 Å². The number of nitrogens with one attached hydrogen (secondary N) is 1. The maximum absolute atomic E-state index is 12.5. The van der Waals surface area contributed by atoms with Gasteiger partial charge in [-0.15, -0.1) is 0 Å². The molecule has 0 saturated carbocycles. The molecule has 1 aliphatic rings. The first-order valence-electron chi connectivity index (χ1n) is 12.5. The average molecular weight is 528 g/mol. The standard InChI is InChI=1S/C30H29N3O4S/c1-20-26(19-38-30-31-16-5-17-32-30)36-29(37-27(20)22-10-8-21(18-34)9-11-22)24-12-14-25(15-13-24)33-28(35)23-6-3-2-4-7-23/h2-17,20,26-27,29,34H,18-19H2,1H3,(H,33,35)/t20-,26+,27+,29+/m0/s1. The van der Waals surface area contributed by atoms with E-state index in [0.29, 0.717) is 22.2 Å². The minimum absolute atomic E-state index is 0.00338. The van der Waals surface area contributed by atoms with Crippen LogP contribution in [0.3, 0.4) is 0 Å². The highest BCUT2D eigenvalue weighted by Crippen LogP contribution is 2.42. The predicted molar refractivity (Wildman–Crippen MR) is 147 cm³/mol. The molecule has 1 amide bonds. The highest BCUT2D eigenvalue weighted by molar-refractivity contribution is 7.99. The predicted octanol–water partition coefficient (Wildman–Crippen LogP) is 5.80. The van der Waals surface area contributed by atoms with E-state index in [4.69, 9.17) is 9.47 Å². The van der Waals surface area contributed by atoms with Crippen molar-refractivity contribution in [2.75, 3.05) is 11.1 Å². The van der Waals surface area contributed by atoms with Crippen molar-refractivity contribution in [3.05, 3.63) is 120 Å². The molecule has 4 aromatic rings. The zero-order valence-corrected chi connectivity index (χ0v) is 21.8. The zero-order valence-electron chi connectivity index (χ0n) is 20.9. The topological polar surface area (TPSA) is 93.6 Å². The van der Waals surface area contributed by atoms with E-state index in [1.807, 2.05) is 66.7 Å². The molecule has 1 aromatic heterocycles. The van der Waals surface area contributed by atoms with Gasteiger partial charge in [0.1, 0.15) is 0 Å². The number of nitrogens with zero attached hydrogens (tertiary/aromatic N) is 2. The van der Waals surface area contributed by atoms with Crippen LogP contribution in [0.25, 0.3) is 0 Å². The maximum Gasteiger partial charge on any atom is 0.255 e. The van der Waals surface area contributed by atoms with Gasteiger partial charge in [-0.2, -0.15) is 0 Å². The molecule has 38 heavy (non-hydrogen) atoms. The first-order valence-corrected chi connectivity index (χ1v) is 13.5. The molecule has 194 valence electrons. The zero-order chi connectivity index (χ0) is 26.3. The molecule has 3 aromatic carbocycles. The number of aromatic nitrogens is 2. The third-order valence-corrected chi connectivity index (χ3v) is 7.48. The van der Waals surface area contributed by atoms with E-state index in [1.54, 1.807) is 42.4 Å². The number of aliphatic hydroxyl groups is 1. The highest BCUT2D eigenvalue weighted by Gasteiger charge is 2.38. The minimum Gasteiger partial charge on any atom is -0.392 e. The molecule has 4 atom stereocenters. The number of hydrogen-bond acceptors (Lipinski definition) is 7. The van der Waals surface area contributed by atoms with E-state index in [9.17, 15) is 9.90 Å². The Morgan fingerprint density at radius 2 is 1.58 bits per heavy atom. The fourth-order valence-electron chi connectivity index (χ4n) is 4.34. The minimum atomic E-state index is -0.588. The summed E-state index contributed by atoms with van der Waals surface area (Å²) in [5, 5.41) is 13.1. The van der Waals surface area contributed by atoms with Gasteiger partial charge in [-0.3, -0.25) is 4.79 Å². The number of anilines is 1. The van der Waals surface area contributed by atoms with Gasteiger partial charge in [0, 0.05) is 40.9 Å². The van der Waals surface area contributed by atoms with Gasteiger partial charge in [-0.1, -0.05) is 73.3 Å². The first kappa shape index (κ1) is 26.1. The van der Waals surface area contributed by atoms with Crippen LogP contribution in [0.2, 0.25) is 0 Å². The van der Waals surface area contributed by atoms with E-state index in [2.05, 4.69) is 22.2 Å². The number of ether oxygens (including phenoxy) is 2. The first-order chi connectivity index (χ1) is 18.6. The maximum atomic E-state index is 12.5. The van der Waals surface area contributed by atoms with Crippen molar-refractivity contribution < 1.29 is 19.4 Å². The molecule has 1 fully saturated rings. The van der Waals surface area contributed by atoms with Gasteiger partial charge in [-0.25, -0.2) is 9.97 Å². The molecule has 2 heterocycles. The fraction of sp³-hybridized carbons (Fsp3) is 0.233. The van der Waals surface area contributed by atoms with Crippen molar-refractivity contribution in [3.8, 4) is 0 Å². The van der Waals surface area contributed by atoms with Crippen LogP contribution >= 0.6 is 11.8 Å². The highest BCUT2D eigenvalue weighted by atomic mass is 32.2. The average Bonchev–Trinajstić information content (AvgIpc) is 2.98. The van der Waals surface area contributed by atoms with Crippen molar-refractivity contribution in [1.29, 1.82) is 0 Å². The van der Waals surface area contributed by atoms with Crippen molar-refractivity contribution in [3.63, 3.8) is 0 Å². The summed E-state index contributed by atoms with van der Waals surface area (Å²) in [6.07, 6.45) is 2.55. The smallest absolute Gasteiger partial charge is 0.255 e. The quantitative estimate of drug-likeness (QED) is 0.221. The van der Waals surface area contributed by atoms with Gasteiger partial charge >= 0.3 is 0 Å². The molecule has 5 rings (SSSR count). The summed E-state index contributed by atoms with van der Waals surface area (Å²) in [5.74, 6) is 0.567. The monoisotopic (exact) mass is 527 g/mol. The summed E-state index contributed by atoms with van der Waals surface area (Å²) >= 11 is 1.56. The number of carbonyl (C=O) groups excluding carboxylic acids is 1. The molecule has 7 nitrogen and oxygen atoms in total. The molecular weight excluding hydrogens is 498 g/mol. The summed E-state index contributed by atoms with van der Waals surface area (Å²) in [6.45, 7) is 2.12. The van der Waals surface area contributed by atoms with Crippen molar-refractivity contribution in [1.82, 2.24) is 9.97 Å². The molecule has 1 aliphatic heterocycles. The third-order valence-electron chi connectivity index (χ3n) is 6.52. The molecule has 0 bridgehead atoms. The molecule has 1 saturated heterocycles. The Morgan fingerprint density at radius 1 is 0.895 bits per heavy atom. The van der Waals surface area contributed by atoms with Crippen molar-refractivity contribution >= 4 is 23.4 Å². The molecule has 0 radical (unpaired) electrons. The fourth-order valence-corrected chi connectivity index (χ4v) is 5.31. The Morgan fingerprint density at radius 3 is 2.26 bits per heavy atom. The van der Waals surface area contributed by atoms with E-state index in [0.717, 1.165) is 16.7 Å². The second-order valence-electron chi connectivity index (χ2n) is 9.11. The van der Waals surface area contributed by atoms with Crippen molar-refractivity contribution in [2.45, 2.75) is 37.2 Å². The van der Waals surface area contributed by atoms with Crippen molar-refractivity contribution in [2.24, 2.45) is 5.92 Å². The van der Waals surface area contributed by atoms with Crippen LogP contribution in [0.4, 0.5) is 5.69 Å². The molecule has 8 heteroatoms. The third kappa shape index (κ3) is 6.28. The van der Waals surface area contributed by atoms with Gasteiger partial charge < -0.3 is 19.9 Å². The van der Waals surface area contributed by atoms with Crippen LogP contribution in [0, 0.1) is 5.92 Å². The number of carbonyl (C=O) groups is 1. The van der Waals surface area contributed by atoms with E-state index >= 15 is 0 Å². The number of thioether (sulfide) groups is 1. The van der Waals surface area contributed by atoms with Gasteiger partial charge in [0.05, 0.1) is 18.8 Å². The summed E-state index contributed by atoms with van der Waals surface area (Å²) in [6, 6.07) is 26.3. The lowest BCUT2D eigenvalue weighted by molar-refractivity contribution is -0.268. The van der Waals surface area contributed by atoms with Crippen LogP contribution in [0.5, 0.6) is 0 Å².